The lowest BCUT2D eigenvalue weighted by molar-refractivity contribution is -0.136. The molecule has 2 aliphatic heterocycles. The van der Waals surface area contributed by atoms with Crippen LogP contribution in [-0.2, 0) is 9.53 Å². The monoisotopic (exact) mass is 300 g/mol. The lowest BCUT2D eigenvalue weighted by Crippen LogP contribution is -2.47. The standard InChI is InChI=1S/C17H20N2O3/c1-11(2)8-9-19-13-10-22-16(20)14(13)15(18-17(19)21)12-6-4-3-5-7-12/h3-7,11,15H,8-10H2,1-2H3,(H,18,21). The summed E-state index contributed by atoms with van der Waals surface area (Å²) in [6.07, 6.45) is 0.883. The van der Waals surface area contributed by atoms with E-state index in [4.69, 9.17) is 4.74 Å². The van der Waals surface area contributed by atoms with E-state index in [1.165, 1.54) is 0 Å². The van der Waals surface area contributed by atoms with Crippen LogP contribution in [-0.4, -0.2) is 30.1 Å². The molecule has 1 N–H and O–H groups in total. The van der Waals surface area contributed by atoms with Gasteiger partial charge in [-0.05, 0) is 17.9 Å². The fourth-order valence-corrected chi connectivity index (χ4v) is 2.83. The van der Waals surface area contributed by atoms with E-state index in [0.29, 0.717) is 23.7 Å². The molecule has 1 aromatic rings. The molecule has 5 nitrogen and oxygen atoms in total. The molecular formula is C17H20N2O3. The van der Waals surface area contributed by atoms with Crippen molar-refractivity contribution in [1.82, 2.24) is 10.2 Å². The van der Waals surface area contributed by atoms with Gasteiger partial charge in [-0.25, -0.2) is 9.59 Å². The first kappa shape index (κ1) is 14.6. The van der Waals surface area contributed by atoms with Crippen molar-refractivity contribution < 1.29 is 14.3 Å². The summed E-state index contributed by atoms with van der Waals surface area (Å²) in [6, 6.07) is 8.93. The lowest BCUT2D eigenvalue weighted by Gasteiger charge is -2.33. The molecular weight excluding hydrogens is 280 g/mol. The normalized spacial score (nSPS) is 21.0. The summed E-state index contributed by atoms with van der Waals surface area (Å²) in [5, 5.41) is 2.94. The molecule has 0 aliphatic carbocycles. The zero-order valence-electron chi connectivity index (χ0n) is 12.8. The van der Waals surface area contributed by atoms with Crippen molar-refractivity contribution in [3.63, 3.8) is 0 Å². The van der Waals surface area contributed by atoms with E-state index in [1.54, 1.807) is 4.90 Å². The summed E-state index contributed by atoms with van der Waals surface area (Å²) in [5.74, 6) is 0.153. The predicted molar refractivity (Wildman–Crippen MR) is 81.9 cm³/mol. The van der Waals surface area contributed by atoms with Gasteiger partial charge in [-0.15, -0.1) is 0 Å². The van der Waals surface area contributed by atoms with E-state index in [-0.39, 0.29) is 18.6 Å². The molecule has 22 heavy (non-hydrogen) atoms. The largest absolute Gasteiger partial charge is 0.456 e. The summed E-state index contributed by atoms with van der Waals surface area (Å²) in [6.45, 7) is 5.00. The van der Waals surface area contributed by atoms with Gasteiger partial charge in [0.2, 0.25) is 0 Å². The van der Waals surface area contributed by atoms with Crippen LogP contribution in [0, 0.1) is 5.92 Å². The number of benzene rings is 1. The van der Waals surface area contributed by atoms with E-state index in [9.17, 15) is 9.59 Å². The van der Waals surface area contributed by atoms with Crippen LogP contribution in [0.15, 0.2) is 41.6 Å². The Morgan fingerprint density at radius 1 is 1.27 bits per heavy atom. The van der Waals surface area contributed by atoms with Gasteiger partial charge in [-0.3, -0.25) is 4.90 Å². The third kappa shape index (κ3) is 2.58. The Kier molecular flexibility index (Phi) is 3.88. The Bertz CT molecular complexity index is 622. The topological polar surface area (TPSA) is 58.6 Å². The SMILES string of the molecule is CC(C)CCN1C(=O)NC(c2ccccc2)C2=C1COC2=O. The summed E-state index contributed by atoms with van der Waals surface area (Å²) >= 11 is 0. The number of nitrogens with zero attached hydrogens (tertiary/aromatic N) is 1. The van der Waals surface area contributed by atoms with Gasteiger partial charge in [0.05, 0.1) is 17.3 Å². The van der Waals surface area contributed by atoms with E-state index < -0.39 is 6.04 Å². The zero-order chi connectivity index (χ0) is 15.7. The highest BCUT2D eigenvalue weighted by Crippen LogP contribution is 2.35. The maximum absolute atomic E-state index is 12.5. The van der Waals surface area contributed by atoms with Crippen molar-refractivity contribution in [2.45, 2.75) is 26.3 Å². The van der Waals surface area contributed by atoms with Crippen molar-refractivity contribution in [2.24, 2.45) is 5.92 Å². The van der Waals surface area contributed by atoms with Gasteiger partial charge >= 0.3 is 12.0 Å². The number of hydrogen-bond donors (Lipinski definition) is 1. The molecule has 1 aromatic carbocycles. The number of esters is 1. The van der Waals surface area contributed by atoms with E-state index in [2.05, 4.69) is 19.2 Å². The Hall–Kier alpha value is -2.30. The maximum Gasteiger partial charge on any atom is 0.338 e. The summed E-state index contributed by atoms with van der Waals surface area (Å²) in [7, 11) is 0. The summed E-state index contributed by atoms with van der Waals surface area (Å²) in [5.41, 5.74) is 2.17. The smallest absolute Gasteiger partial charge is 0.338 e. The van der Waals surface area contributed by atoms with Gasteiger partial charge in [0, 0.05) is 6.54 Å². The molecule has 1 unspecified atom stereocenters. The molecule has 0 bridgehead atoms. The van der Waals surface area contributed by atoms with Crippen LogP contribution in [0.5, 0.6) is 0 Å². The van der Waals surface area contributed by atoms with Crippen LogP contribution in [0.25, 0.3) is 0 Å². The maximum atomic E-state index is 12.5. The molecule has 0 fully saturated rings. The molecule has 0 spiro atoms. The fourth-order valence-electron chi connectivity index (χ4n) is 2.83. The molecule has 0 saturated carbocycles. The molecule has 2 amide bonds. The average molecular weight is 300 g/mol. The number of carbonyl (C=O) groups excluding carboxylic acids is 2. The molecule has 116 valence electrons. The van der Waals surface area contributed by atoms with E-state index in [1.807, 2.05) is 30.3 Å². The molecule has 1 atom stereocenters. The second-order valence-corrected chi connectivity index (χ2v) is 6.06. The van der Waals surface area contributed by atoms with Crippen LogP contribution in [0.3, 0.4) is 0 Å². The van der Waals surface area contributed by atoms with Crippen LogP contribution in [0.4, 0.5) is 4.79 Å². The van der Waals surface area contributed by atoms with Crippen molar-refractivity contribution in [3.05, 3.63) is 47.2 Å². The molecule has 0 radical (unpaired) electrons. The van der Waals surface area contributed by atoms with Crippen molar-refractivity contribution in [1.29, 1.82) is 0 Å². The minimum absolute atomic E-state index is 0.161. The Morgan fingerprint density at radius 3 is 2.68 bits per heavy atom. The van der Waals surface area contributed by atoms with Gasteiger partial charge in [-0.1, -0.05) is 44.2 Å². The Morgan fingerprint density at radius 2 is 2.00 bits per heavy atom. The first-order valence-corrected chi connectivity index (χ1v) is 7.61. The van der Waals surface area contributed by atoms with E-state index >= 15 is 0 Å². The van der Waals surface area contributed by atoms with Crippen molar-refractivity contribution in [2.75, 3.05) is 13.2 Å². The highest BCUT2D eigenvalue weighted by molar-refractivity contribution is 5.97. The van der Waals surface area contributed by atoms with E-state index in [0.717, 1.165) is 12.0 Å². The molecule has 3 rings (SSSR count). The first-order chi connectivity index (χ1) is 10.6. The average Bonchev–Trinajstić information content (AvgIpc) is 2.88. The van der Waals surface area contributed by atoms with Gasteiger partial charge in [0.1, 0.15) is 6.61 Å². The number of hydrogen-bond acceptors (Lipinski definition) is 3. The van der Waals surface area contributed by atoms with Crippen molar-refractivity contribution >= 4 is 12.0 Å². The Labute approximate surface area is 129 Å². The number of ether oxygens (including phenoxy) is 1. The minimum Gasteiger partial charge on any atom is -0.456 e. The third-order valence-electron chi connectivity index (χ3n) is 4.06. The summed E-state index contributed by atoms with van der Waals surface area (Å²) in [4.78, 5) is 26.2. The predicted octanol–water partition coefficient (Wildman–Crippen LogP) is 2.61. The second kappa shape index (κ2) is 5.83. The fraction of sp³-hybridized carbons (Fsp3) is 0.412. The number of urea groups is 1. The van der Waals surface area contributed by atoms with Crippen molar-refractivity contribution in [3.8, 4) is 0 Å². The zero-order valence-corrected chi connectivity index (χ0v) is 12.8. The van der Waals surface area contributed by atoms with Gasteiger partial charge in [-0.2, -0.15) is 0 Å². The highest BCUT2D eigenvalue weighted by atomic mass is 16.5. The molecule has 2 heterocycles. The number of rotatable bonds is 4. The minimum atomic E-state index is -0.422. The van der Waals surface area contributed by atoms with Gasteiger partial charge < -0.3 is 10.1 Å². The quantitative estimate of drug-likeness (QED) is 0.870. The molecule has 2 aliphatic rings. The van der Waals surface area contributed by atoms with Crippen LogP contribution in [0.2, 0.25) is 0 Å². The second-order valence-electron chi connectivity index (χ2n) is 6.06. The van der Waals surface area contributed by atoms with Gasteiger partial charge in [0.15, 0.2) is 0 Å². The number of cyclic esters (lactones) is 1. The Balaban J connectivity index is 1.96. The third-order valence-corrected chi connectivity index (χ3v) is 4.06. The highest BCUT2D eigenvalue weighted by Gasteiger charge is 2.41. The van der Waals surface area contributed by atoms with Crippen LogP contribution in [0.1, 0.15) is 31.9 Å². The first-order valence-electron chi connectivity index (χ1n) is 7.61. The number of carbonyl (C=O) groups is 2. The molecule has 0 aromatic heterocycles. The van der Waals surface area contributed by atoms with Gasteiger partial charge in [0.25, 0.3) is 0 Å². The van der Waals surface area contributed by atoms with Crippen LogP contribution >= 0.6 is 0 Å². The molecule has 0 saturated heterocycles. The van der Waals surface area contributed by atoms with Crippen LogP contribution < -0.4 is 5.32 Å². The summed E-state index contributed by atoms with van der Waals surface area (Å²) < 4.78 is 5.19. The lowest BCUT2D eigenvalue weighted by atomic mass is 9.95. The molecule has 5 heteroatoms. The number of amides is 2. The number of nitrogens with one attached hydrogen (secondary N) is 1.